The summed E-state index contributed by atoms with van der Waals surface area (Å²) in [5.74, 6) is -0.950. The average molecular weight is 813 g/mol. The van der Waals surface area contributed by atoms with Gasteiger partial charge < -0.3 is 20.0 Å². The first-order chi connectivity index (χ1) is 25.6. The fraction of sp³-hybridized carbons (Fsp3) is 0.409. The van der Waals surface area contributed by atoms with Crippen molar-refractivity contribution < 1.29 is 19.8 Å². The van der Waals surface area contributed by atoms with Crippen LogP contribution in [-0.2, 0) is 33.3 Å². The van der Waals surface area contributed by atoms with Crippen molar-refractivity contribution in [1.82, 2.24) is 9.80 Å². The van der Waals surface area contributed by atoms with E-state index < -0.39 is 11.9 Å². The Bertz CT molecular complexity index is 1780. The predicted molar refractivity (Wildman–Crippen MR) is 222 cm³/mol. The van der Waals surface area contributed by atoms with E-state index >= 15 is 0 Å². The van der Waals surface area contributed by atoms with Crippen LogP contribution in [0.15, 0.2) is 84.9 Å². The topological polar surface area (TPSA) is 81.1 Å². The van der Waals surface area contributed by atoms with Crippen LogP contribution in [-0.4, -0.2) is 72.2 Å². The van der Waals surface area contributed by atoms with Crippen LogP contribution in [0.2, 0.25) is 20.1 Å². The zero-order valence-corrected chi connectivity index (χ0v) is 34.4. The van der Waals surface area contributed by atoms with E-state index in [0.29, 0.717) is 13.1 Å². The number of fused-ring (bicyclic) bond motifs is 2. The molecule has 0 aromatic heterocycles. The van der Waals surface area contributed by atoms with E-state index in [2.05, 4.69) is 72.2 Å². The number of aryl methyl sites for hydroxylation is 2. The lowest BCUT2D eigenvalue weighted by atomic mass is 9.67. The van der Waals surface area contributed by atoms with E-state index in [0.717, 1.165) is 58.9 Å². The molecule has 288 valence electrons. The van der Waals surface area contributed by atoms with Gasteiger partial charge in [-0.3, -0.25) is 9.59 Å². The highest BCUT2D eigenvalue weighted by molar-refractivity contribution is 6.31. The van der Waals surface area contributed by atoms with Crippen LogP contribution in [0.4, 0.5) is 0 Å². The third kappa shape index (κ3) is 9.46. The monoisotopic (exact) mass is 810 g/mol. The van der Waals surface area contributed by atoms with Gasteiger partial charge in [-0.2, -0.15) is 0 Å². The molecular formula is C44H50Cl4N2O4. The molecule has 2 aliphatic rings. The summed E-state index contributed by atoms with van der Waals surface area (Å²) in [6.45, 7) is 7.20. The first kappa shape index (κ1) is 42.1. The van der Waals surface area contributed by atoms with Crippen LogP contribution in [0, 0.1) is 11.8 Å². The molecule has 2 N–H and O–H groups in total. The number of halogens is 4. The van der Waals surface area contributed by atoms with E-state index in [1.807, 2.05) is 50.5 Å². The molecule has 0 spiro atoms. The summed E-state index contributed by atoms with van der Waals surface area (Å²) in [4.78, 5) is 26.0. The maximum atomic E-state index is 10.9. The SMILES string of the molecule is C[C@@H](CN(C)CCC(=O)O)[C@@]1(c2ccc(Cl)cc2)CCc2ccc(Cl)cc21.C[C@H](CN(C)CCC(=O)O)[C@@]1(c2ccc(Cl)cc2)CCc2ccc(Cl)cc21. The summed E-state index contributed by atoms with van der Waals surface area (Å²) in [7, 11) is 3.98. The fourth-order valence-corrected chi connectivity index (χ4v) is 9.58. The number of carbonyl (C=O) groups is 2. The normalized spacial score (nSPS) is 19.9. The minimum atomic E-state index is -0.764. The summed E-state index contributed by atoms with van der Waals surface area (Å²) in [5.41, 5.74) is 7.45. The van der Waals surface area contributed by atoms with Gasteiger partial charge in [0.25, 0.3) is 0 Å². The van der Waals surface area contributed by atoms with Gasteiger partial charge in [0.15, 0.2) is 0 Å². The molecule has 6 rings (SSSR count). The molecule has 4 aromatic rings. The maximum absolute atomic E-state index is 10.9. The minimum Gasteiger partial charge on any atom is -0.481 e. The van der Waals surface area contributed by atoms with Crippen LogP contribution in [0.3, 0.4) is 0 Å². The second-order valence-corrected chi connectivity index (χ2v) is 16.9. The Labute approximate surface area is 340 Å². The van der Waals surface area contributed by atoms with Gasteiger partial charge in [0, 0.05) is 57.1 Å². The molecule has 0 saturated carbocycles. The third-order valence-electron chi connectivity index (χ3n) is 11.7. The number of aliphatic carboxylic acids is 2. The lowest BCUT2D eigenvalue weighted by Crippen LogP contribution is -2.40. The van der Waals surface area contributed by atoms with E-state index in [9.17, 15) is 9.59 Å². The van der Waals surface area contributed by atoms with Crippen molar-refractivity contribution in [2.75, 3.05) is 40.3 Å². The number of carboxylic acids is 2. The van der Waals surface area contributed by atoms with Gasteiger partial charge in [-0.05, 0) is 134 Å². The number of carboxylic acid groups (broad SMARTS) is 2. The molecule has 0 unspecified atom stereocenters. The third-order valence-corrected chi connectivity index (χ3v) is 12.6. The van der Waals surface area contributed by atoms with Gasteiger partial charge in [0.2, 0.25) is 0 Å². The average Bonchev–Trinajstić information content (AvgIpc) is 3.70. The zero-order valence-electron chi connectivity index (χ0n) is 31.4. The highest BCUT2D eigenvalue weighted by atomic mass is 35.5. The summed E-state index contributed by atoms with van der Waals surface area (Å²) < 4.78 is 0. The molecule has 0 fully saturated rings. The molecule has 0 radical (unpaired) electrons. The molecule has 0 aliphatic heterocycles. The Morgan fingerprint density at radius 3 is 1.26 bits per heavy atom. The van der Waals surface area contributed by atoms with Crippen molar-refractivity contribution in [3.63, 3.8) is 0 Å². The molecule has 54 heavy (non-hydrogen) atoms. The van der Waals surface area contributed by atoms with Crippen LogP contribution in [0.25, 0.3) is 0 Å². The predicted octanol–water partition coefficient (Wildman–Crippen LogP) is 10.5. The number of rotatable bonds is 14. The second-order valence-electron chi connectivity index (χ2n) is 15.2. The van der Waals surface area contributed by atoms with Crippen LogP contribution in [0.5, 0.6) is 0 Å². The van der Waals surface area contributed by atoms with Gasteiger partial charge in [0.1, 0.15) is 0 Å². The van der Waals surface area contributed by atoms with Crippen molar-refractivity contribution in [1.29, 1.82) is 0 Å². The lowest BCUT2D eigenvalue weighted by molar-refractivity contribution is -0.138. The van der Waals surface area contributed by atoms with E-state index in [1.54, 1.807) is 0 Å². The molecule has 0 saturated heterocycles. The number of nitrogens with zero attached hydrogens (tertiary/aromatic N) is 2. The standard InChI is InChI=1S/2C22H25Cl2NO2/c2*1-15(14-25(2)12-10-21(26)27)22(17-4-7-18(23)8-5-17)11-9-16-3-6-19(24)13-20(16)22/h2*3-8,13,15H,9-12,14H2,1-2H3,(H,26,27)/t15-,22+;15-,22-/m01/s1. The fourth-order valence-electron chi connectivity index (χ4n) is 8.99. The first-order valence-corrected chi connectivity index (χ1v) is 20.1. The summed E-state index contributed by atoms with van der Waals surface area (Å²) >= 11 is 25.0. The van der Waals surface area contributed by atoms with Crippen molar-refractivity contribution >= 4 is 58.3 Å². The zero-order chi connectivity index (χ0) is 39.2. The van der Waals surface area contributed by atoms with Gasteiger partial charge in [-0.1, -0.05) is 96.6 Å². The van der Waals surface area contributed by atoms with E-state index in [-0.39, 0.29) is 35.5 Å². The summed E-state index contributed by atoms with van der Waals surface area (Å²) in [6.07, 6.45) is 4.35. The maximum Gasteiger partial charge on any atom is 0.304 e. The molecule has 0 heterocycles. The Balaban J connectivity index is 0.000000208. The molecule has 6 nitrogen and oxygen atoms in total. The van der Waals surface area contributed by atoms with E-state index in [1.165, 1.54) is 33.4 Å². The summed E-state index contributed by atoms with van der Waals surface area (Å²) in [5, 5.41) is 20.9. The Kier molecular flexibility index (Phi) is 14.2. The van der Waals surface area contributed by atoms with Gasteiger partial charge in [-0.25, -0.2) is 0 Å². The van der Waals surface area contributed by atoms with Crippen LogP contribution < -0.4 is 0 Å². The molecule has 0 amide bonds. The molecular weight excluding hydrogens is 762 g/mol. The quantitative estimate of drug-likeness (QED) is 0.132. The van der Waals surface area contributed by atoms with Crippen molar-refractivity contribution in [2.45, 2.75) is 63.2 Å². The number of benzene rings is 4. The Morgan fingerprint density at radius 2 is 0.926 bits per heavy atom. The Hall–Kier alpha value is -3.10. The highest BCUT2D eigenvalue weighted by Crippen LogP contribution is 2.51. The van der Waals surface area contributed by atoms with Gasteiger partial charge in [0.05, 0.1) is 12.8 Å². The largest absolute Gasteiger partial charge is 0.481 e. The minimum absolute atomic E-state index is 0.150. The van der Waals surface area contributed by atoms with Gasteiger partial charge in [-0.15, -0.1) is 0 Å². The molecule has 4 aromatic carbocycles. The van der Waals surface area contributed by atoms with Crippen LogP contribution in [0.1, 0.15) is 72.9 Å². The first-order valence-electron chi connectivity index (χ1n) is 18.6. The highest BCUT2D eigenvalue weighted by Gasteiger charge is 2.46. The molecule has 0 bridgehead atoms. The van der Waals surface area contributed by atoms with Gasteiger partial charge >= 0.3 is 11.9 Å². The smallest absolute Gasteiger partial charge is 0.304 e. The summed E-state index contributed by atoms with van der Waals surface area (Å²) in [6, 6.07) is 28.7. The van der Waals surface area contributed by atoms with Crippen LogP contribution >= 0.6 is 46.4 Å². The molecule has 10 heteroatoms. The van der Waals surface area contributed by atoms with Crippen molar-refractivity contribution in [3.8, 4) is 0 Å². The number of hydrogen-bond acceptors (Lipinski definition) is 4. The van der Waals surface area contributed by atoms with E-state index in [4.69, 9.17) is 56.6 Å². The second kappa shape index (κ2) is 18.2. The van der Waals surface area contributed by atoms with Crippen molar-refractivity contribution in [2.24, 2.45) is 11.8 Å². The number of hydrogen-bond donors (Lipinski definition) is 2. The molecule has 2 aliphatic carbocycles. The van der Waals surface area contributed by atoms with Crippen molar-refractivity contribution in [3.05, 3.63) is 138 Å². The Morgan fingerprint density at radius 1 is 0.593 bits per heavy atom. The lowest BCUT2D eigenvalue weighted by Gasteiger charge is -2.39. The molecule has 4 atom stereocenters.